The Hall–Kier alpha value is -2.41. The average Bonchev–Trinajstić information content (AvgIpc) is 2.91. The van der Waals surface area contributed by atoms with Crippen LogP contribution in [0.1, 0.15) is 56.0 Å². The molecule has 0 unspecified atom stereocenters. The van der Waals surface area contributed by atoms with Gasteiger partial charge in [0, 0.05) is 26.1 Å². The molecule has 2 aliphatic heterocycles. The largest absolute Gasteiger partial charge is 0.350 e. The molecule has 0 aliphatic carbocycles. The number of hydrogen-bond acceptors (Lipinski definition) is 4. The summed E-state index contributed by atoms with van der Waals surface area (Å²) in [6.07, 6.45) is 6.49. The molecular weight excluding hydrogens is 378 g/mol. The fourth-order valence-electron chi connectivity index (χ4n) is 4.46. The first kappa shape index (κ1) is 20.8. The van der Waals surface area contributed by atoms with Crippen molar-refractivity contribution in [1.29, 1.82) is 0 Å². The summed E-state index contributed by atoms with van der Waals surface area (Å²) in [5.41, 5.74) is 2.23. The van der Waals surface area contributed by atoms with Gasteiger partial charge in [0.1, 0.15) is 12.4 Å². The molecule has 0 atom stereocenters. The van der Waals surface area contributed by atoms with Crippen molar-refractivity contribution in [2.75, 3.05) is 13.1 Å². The number of benzene rings is 1. The van der Waals surface area contributed by atoms with Crippen molar-refractivity contribution in [1.82, 2.24) is 24.6 Å². The Kier molecular flexibility index (Phi) is 6.67. The van der Waals surface area contributed by atoms with Gasteiger partial charge >= 0.3 is 5.69 Å². The second kappa shape index (κ2) is 9.60. The lowest BCUT2D eigenvalue weighted by Gasteiger charge is -2.30. The molecule has 0 bridgehead atoms. The Bertz CT molecular complexity index is 924. The first-order valence-corrected chi connectivity index (χ1v) is 11.3. The molecule has 7 heteroatoms. The SMILES string of the molecule is CC1CCN(Cc2ccccc2CNC(=O)Cn2nc3n(c2=O)CCCCC3)CC1. The smallest absolute Gasteiger partial charge is 0.346 e. The number of nitrogens with one attached hydrogen (secondary N) is 1. The molecule has 162 valence electrons. The van der Waals surface area contributed by atoms with Gasteiger partial charge in [-0.3, -0.25) is 14.3 Å². The minimum atomic E-state index is -0.174. The molecule has 2 aromatic rings. The van der Waals surface area contributed by atoms with Crippen LogP contribution in [0.5, 0.6) is 0 Å². The van der Waals surface area contributed by atoms with Gasteiger partial charge < -0.3 is 5.32 Å². The quantitative estimate of drug-likeness (QED) is 0.792. The third-order valence-corrected chi connectivity index (χ3v) is 6.44. The molecule has 1 aromatic carbocycles. The van der Waals surface area contributed by atoms with Crippen LogP contribution < -0.4 is 11.0 Å². The highest BCUT2D eigenvalue weighted by Gasteiger charge is 2.18. The molecule has 0 radical (unpaired) electrons. The molecular formula is C23H33N5O2. The van der Waals surface area contributed by atoms with E-state index in [4.69, 9.17) is 0 Å². The zero-order valence-corrected chi connectivity index (χ0v) is 18.0. The van der Waals surface area contributed by atoms with Crippen molar-refractivity contribution in [2.45, 2.75) is 71.6 Å². The Morgan fingerprint density at radius 3 is 2.67 bits per heavy atom. The summed E-state index contributed by atoms with van der Waals surface area (Å²) in [7, 11) is 0. The van der Waals surface area contributed by atoms with Gasteiger partial charge in [0.15, 0.2) is 0 Å². The lowest BCUT2D eigenvalue weighted by atomic mass is 9.98. The maximum absolute atomic E-state index is 12.6. The van der Waals surface area contributed by atoms with Crippen molar-refractivity contribution in [2.24, 2.45) is 5.92 Å². The number of likely N-dealkylation sites (tertiary alicyclic amines) is 1. The number of carbonyl (C=O) groups excluding carboxylic acids is 1. The van der Waals surface area contributed by atoms with Crippen molar-refractivity contribution < 1.29 is 4.79 Å². The van der Waals surface area contributed by atoms with Crippen molar-refractivity contribution in [3.63, 3.8) is 0 Å². The highest BCUT2D eigenvalue weighted by atomic mass is 16.2. The second-order valence-corrected chi connectivity index (χ2v) is 8.82. The van der Waals surface area contributed by atoms with Gasteiger partial charge in [-0.2, -0.15) is 5.10 Å². The fraction of sp³-hybridized carbons (Fsp3) is 0.609. The Morgan fingerprint density at radius 2 is 1.87 bits per heavy atom. The van der Waals surface area contributed by atoms with E-state index in [1.54, 1.807) is 4.57 Å². The van der Waals surface area contributed by atoms with Crippen molar-refractivity contribution in [3.05, 3.63) is 51.7 Å². The van der Waals surface area contributed by atoms with E-state index >= 15 is 0 Å². The molecule has 1 fully saturated rings. The van der Waals surface area contributed by atoms with E-state index in [2.05, 4.69) is 40.4 Å². The first-order chi connectivity index (χ1) is 14.6. The normalized spacial score (nSPS) is 18.0. The van der Waals surface area contributed by atoms with Crippen LogP contribution in [0.15, 0.2) is 29.1 Å². The summed E-state index contributed by atoms with van der Waals surface area (Å²) in [6, 6.07) is 8.30. The molecule has 3 heterocycles. The van der Waals surface area contributed by atoms with E-state index in [1.807, 2.05) is 6.07 Å². The summed E-state index contributed by atoms with van der Waals surface area (Å²) in [5.74, 6) is 1.45. The molecule has 1 aromatic heterocycles. The monoisotopic (exact) mass is 411 g/mol. The maximum Gasteiger partial charge on any atom is 0.346 e. The van der Waals surface area contributed by atoms with Gasteiger partial charge in [0.05, 0.1) is 0 Å². The molecule has 4 rings (SSSR count). The summed E-state index contributed by atoms with van der Waals surface area (Å²) >= 11 is 0. The third kappa shape index (κ3) is 5.01. The van der Waals surface area contributed by atoms with Gasteiger partial charge in [-0.05, 0) is 55.8 Å². The van der Waals surface area contributed by atoms with Crippen LogP contribution in [0.2, 0.25) is 0 Å². The first-order valence-electron chi connectivity index (χ1n) is 11.3. The van der Waals surface area contributed by atoms with E-state index < -0.39 is 0 Å². The van der Waals surface area contributed by atoms with Crippen LogP contribution in [0.3, 0.4) is 0 Å². The minimum Gasteiger partial charge on any atom is -0.350 e. The average molecular weight is 412 g/mol. The molecule has 0 saturated carbocycles. The number of rotatable bonds is 6. The standard InChI is InChI=1S/C23H33N5O2/c1-18-10-13-26(14-11-18)16-20-8-5-4-7-19(20)15-24-22(29)17-28-23(30)27-12-6-2-3-9-21(27)25-28/h4-5,7-8,18H,2-3,6,9-17H2,1H3,(H,24,29). The summed E-state index contributed by atoms with van der Waals surface area (Å²) in [6.45, 7) is 6.67. The van der Waals surface area contributed by atoms with E-state index in [9.17, 15) is 9.59 Å². The summed E-state index contributed by atoms with van der Waals surface area (Å²) < 4.78 is 3.05. The number of aromatic nitrogens is 3. The molecule has 30 heavy (non-hydrogen) atoms. The number of nitrogens with zero attached hydrogens (tertiary/aromatic N) is 4. The van der Waals surface area contributed by atoms with Crippen molar-refractivity contribution in [3.8, 4) is 0 Å². The number of piperidine rings is 1. The molecule has 1 amide bonds. The summed E-state index contributed by atoms with van der Waals surface area (Å²) in [5, 5.41) is 7.39. The number of amides is 1. The van der Waals surface area contributed by atoms with E-state index in [0.717, 1.165) is 62.6 Å². The predicted molar refractivity (Wildman–Crippen MR) is 116 cm³/mol. The van der Waals surface area contributed by atoms with E-state index in [1.165, 1.54) is 23.1 Å². The maximum atomic E-state index is 12.6. The Morgan fingerprint density at radius 1 is 1.10 bits per heavy atom. The Balaban J connectivity index is 1.35. The van der Waals surface area contributed by atoms with Crippen LogP contribution in [0.4, 0.5) is 0 Å². The van der Waals surface area contributed by atoms with Crippen molar-refractivity contribution >= 4 is 5.91 Å². The van der Waals surface area contributed by atoms with Gasteiger partial charge in [0.2, 0.25) is 5.91 Å². The Labute approximate surface area is 178 Å². The highest BCUT2D eigenvalue weighted by molar-refractivity contribution is 5.75. The molecule has 1 N–H and O–H groups in total. The number of aryl methyl sites for hydroxylation is 1. The van der Waals surface area contributed by atoms with Gasteiger partial charge in [-0.1, -0.05) is 37.6 Å². The van der Waals surface area contributed by atoms with Crippen LogP contribution in [-0.4, -0.2) is 38.2 Å². The van der Waals surface area contributed by atoms with Crippen LogP contribution in [0.25, 0.3) is 0 Å². The number of carbonyl (C=O) groups is 1. The van der Waals surface area contributed by atoms with Gasteiger partial charge in [-0.25, -0.2) is 9.48 Å². The predicted octanol–water partition coefficient (Wildman–Crippen LogP) is 2.32. The van der Waals surface area contributed by atoms with Crippen LogP contribution in [0, 0.1) is 5.92 Å². The summed E-state index contributed by atoms with van der Waals surface area (Å²) in [4.78, 5) is 27.6. The lowest BCUT2D eigenvalue weighted by Crippen LogP contribution is -2.34. The minimum absolute atomic E-state index is 0.0228. The number of hydrogen-bond donors (Lipinski definition) is 1. The van der Waals surface area contributed by atoms with Gasteiger partial charge in [-0.15, -0.1) is 0 Å². The number of fused-ring (bicyclic) bond motifs is 1. The van der Waals surface area contributed by atoms with Crippen LogP contribution >= 0.6 is 0 Å². The molecule has 7 nitrogen and oxygen atoms in total. The van der Waals surface area contributed by atoms with Gasteiger partial charge in [0.25, 0.3) is 0 Å². The topological polar surface area (TPSA) is 72.2 Å². The lowest BCUT2D eigenvalue weighted by molar-refractivity contribution is -0.122. The van der Waals surface area contributed by atoms with Crippen LogP contribution in [-0.2, 0) is 37.4 Å². The molecule has 2 aliphatic rings. The molecule has 1 saturated heterocycles. The second-order valence-electron chi connectivity index (χ2n) is 8.82. The zero-order chi connectivity index (χ0) is 20.9. The molecule has 0 spiro atoms. The third-order valence-electron chi connectivity index (χ3n) is 6.44. The van der Waals surface area contributed by atoms with E-state index in [-0.39, 0.29) is 18.1 Å². The highest BCUT2D eigenvalue weighted by Crippen LogP contribution is 2.19. The fourth-order valence-corrected chi connectivity index (χ4v) is 4.46. The zero-order valence-electron chi connectivity index (χ0n) is 18.0. The van der Waals surface area contributed by atoms with E-state index in [0.29, 0.717) is 13.1 Å².